The number of hydrogen-bond donors (Lipinski definition) is 0. The summed E-state index contributed by atoms with van der Waals surface area (Å²) in [5.41, 5.74) is -2.26. The Morgan fingerprint density at radius 2 is 1.14 bits per heavy atom. The van der Waals surface area contributed by atoms with E-state index in [1.54, 1.807) is 0 Å². The summed E-state index contributed by atoms with van der Waals surface area (Å²) >= 11 is 0. The van der Waals surface area contributed by atoms with Gasteiger partial charge in [0.1, 0.15) is 0 Å². The van der Waals surface area contributed by atoms with Crippen molar-refractivity contribution in [3.63, 3.8) is 0 Å². The van der Waals surface area contributed by atoms with Gasteiger partial charge in [0.05, 0.1) is 0 Å². The van der Waals surface area contributed by atoms with Gasteiger partial charge in [0.25, 0.3) is 0 Å². The maximum absolute atomic E-state index is 12.3. The molecule has 0 fully saturated rings. The molecule has 0 amide bonds. The maximum atomic E-state index is 12.3. The third kappa shape index (κ3) is 5.06. The summed E-state index contributed by atoms with van der Waals surface area (Å²) in [6.45, 7) is 3.18. The third-order valence-electron chi connectivity index (χ3n) is 3.10. The van der Waals surface area contributed by atoms with Crippen molar-refractivity contribution in [1.82, 2.24) is 0 Å². The van der Waals surface area contributed by atoms with Gasteiger partial charge in [-0.05, 0) is 27.2 Å². The summed E-state index contributed by atoms with van der Waals surface area (Å²) in [5, 5.41) is 0. The van der Waals surface area contributed by atoms with Gasteiger partial charge in [-0.15, -0.1) is 0 Å². The predicted octanol–water partition coefficient (Wildman–Crippen LogP) is 3.39. The fourth-order valence-corrected chi connectivity index (χ4v) is 1.09. The van der Waals surface area contributed by atoms with E-state index < -0.39 is 41.9 Å². The van der Waals surface area contributed by atoms with Crippen molar-refractivity contribution >= 4 is 11.9 Å². The second-order valence-corrected chi connectivity index (χ2v) is 4.86. The number of hydrogen-bond acceptors (Lipinski definition) is 4. The van der Waals surface area contributed by atoms with Gasteiger partial charge in [-0.1, -0.05) is 6.92 Å². The predicted molar refractivity (Wildman–Crippen MR) is 61.6 cm³/mol. The molecule has 0 saturated heterocycles. The van der Waals surface area contributed by atoms with Crippen molar-refractivity contribution in [2.75, 3.05) is 0 Å². The Hall–Kier alpha value is -1.48. The smallest absolute Gasteiger partial charge is 0.425 e. The molecule has 0 aromatic rings. The highest BCUT2D eigenvalue weighted by Crippen LogP contribution is 2.31. The van der Waals surface area contributed by atoms with Crippen LogP contribution in [-0.4, -0.2) is 36.5 Å². The van der Waals surface area contributed by atoms with E-state index in [0.29, 0.717) is 13.8 Å². The van der Waals surface area contributed by atoms with Gasteiger partial charge < -0.3 is 9.47 Å². The summed E-state index contributed by atoms with van der Waals surface area (Å²) in [5.74, 6) is -3.20. The molecule has 0 aliphatic carbocycles. The summed E-state index contributed by atoms with van der Waals surface area (Å²) in [4.78, 5) is 23.4. The molecule has 0 bridgehead atoms. The highest BCUT2D eigenvalue weighted by molar-refractivity contribution is 5.99. The fraction of sp³-hybridized carbons (Fsp3) is 0.833. The Morgan fingerprint density at radius 3 is 1.32 bits per heavy atom. The van der Waals surface area contributed by atoms with Crippen molar-refractivity contribution in [1.29, 1.82) is 0 Å². The lowest BCUT2D eigenvalue weighted by Gasteiger charge is -2.28. The molecule has 0 aromatic heterocycles. The molecule has 0 saturated carbocycles. The Kier molecular flexibility index (Phi) is 6.29. The molecule has 2 atom stereocenters. The van der Waals surface area contributed by atoms with Gasteiger partial charge >= 0.3 is 24.3 Å². The molecule has 4 nitrogen and oxygen atoms in total. The summed E-state index contributed by atoms with van der Waals surface area (Å²) < 4.78 is 82.2. The topological polar surface area (TPSA) is 52.6 Å². The maximum Gasteiger partial charge on any atom is 0.425 e. The number of halogens is 6. The Labute approximate surface area is 122 Å². The van der Waals surface area contributed by atoms with E-state index >= 15 is 0 Å². The molecule has 22 heavy (non-hydrogen) atoms. The SMILES string of the molecule is CCC(C)(C(=O)OC(C)C(F)(F)F)C(=O)OC(C)C(F)(F)F. The van der Waals surface area contributed by atoms with Gasteiger partial charge in [0.15, 0.2) is 17.6 Å². The van der Waals surface area contributed by atoms with Crippen LogP contribution >= 0.6 is 0 Å². The lowest BCUT2D eigenvalue weighted by molar-refractivity contribution is -0.231. The molecule has 0 rings (SSSR count). The van der Waals surface area contributed by atoms with Gasteiger partial charge in [-0.25, -0.2) is 0 Å². The van der Waals surface area contributed by atoms with Crippen molar-refractivity contribution in [2.45, 2.75) is 58.7 Å². The lowest BCUT2D eigenvalue weighted by Crippen LogP contribution is -2.45. The van der Waals surface area contributed by atoms with Crippen LogP contribution in [0.2, 0.25) is 0 Å². The first-order chi connectivity index (χ1) is 9.66. The lowest BCUT2D eigenvalue weighted by atomic mass is 9.87. The zero-order valence-corrected chi connectivity index (χ0v) is 12.3. The van der Waals surface area contributed by atoms with Crippen LogP contribution in [0.1, 0.15) is 34.1 Å². The molecule has 130 valence electrons. The minimum absolute atomic E-state index is 0.389. The van der Waals surface area contributed by atoms with Gasteiger partial charge in [0.2, 0.25) is 0 Å². The second kappa shape index (κ2) is 6.74. The van der Waals surface area contributed by atoms with E-state index in [-0.39, 0.29) is 6.42 Å². The van der Waals surface area contributed by atoms with Crippen LogP contribution in [0.15, 0.2) is 0 Å². The fourth-order valence-electron chi connectivity index (χ4n) is 1.09. The van der Waals surface area contributed by atoms with Gasteiger partial charge in [-0.2, -0.15) is 26.3 Å². The van der Waals surface area contributed by atoms with Crippen LogP contribution in [0.25, 0.3) is 0 Å². The van der Waals surface area contributed by atoms with Crippen LogP contribution in [-0.2, 0) is 19.1 Å². The second-order valence-electron chi connectivity index (χ2n) is 4.86. The van der Waals surface area contributed by atoms with E-state index in [9.17, 15) is 35.9 Å². The standard InChI is InChI=1S/C12H16F6O4/c1-5-10(4,8(19)21-6(2)11(13,14)15)9(20)22-7(3)12(16,17)18/h6-7H,5H2,1-4H3. The number of carbonyl (C=O) groups excluding carboxylic acids is 2. The minimum Gasteiger partial charge on any atom is -0.452 e. The van der Waals surface area contributed by atoms with Crippen molar-refractivity contribution in [3.8, 4) is 0 Å². The van der Waals surface area contributed by atoms with E-state index in [4.69, 9.17) is 0 Å². The van der Waals surface area contributed by atoms with Crippen LogP contribution in [0, 0.1) is 5.41 Å². The molecule has 0 radical (unpaired) electrons. The van der Waals surface area contributed by atoms with Crippen molar-refractivity contribution in [2.24, 2.45) is 5.41 Å². The number of ether oxygens (including phenoxy) is 2. The first-order valence-corrected chi connectivity index (χ1v) is 6.21. The average molecular weight is 338 g/mol. The van der Waals surface area contributed by atoms with Crippen molar-refractivity contribution in [3.05, 3.63) is 0 Å². The molecule has 0 aromatic carbocycles. The highest BCUT2D eigenvalue weighted by Gasteiger charge is 2.49. The normalized spacial score (nSPS) is 18.1. The number of alkyl halides is 6. The zero-order valence-electron chi connectivity index (χ0n) is 12.3. The Balaban J connectivity index is 5.10. The monoisotopic (exact) mass is 338 g/mol. The van der Waals surface area contributed by atoms with Crippen LogP contribution in [0.3, 0.4) is 0 Å². The van der Waals surface area contributed by atoms with Crippen molar-refractivity contribution < 1.29 is 45.4 Å². The molecule has 0 aliphatic rings. The molecule has 0 N–H and O–H groups in total. The third-order valence-corrected chi connectivity index (χ3v) is 3.10. The molecule has 10 heteroatoms. The molecule has 0 heterocycles. The largest absolute Gasteiger partial charge is 0.452 e. The van der Waals surface area contributed by atoms with E-state index in [1.807, 2.05) is 0 Å². The summed E-state index contributed by atoms with van der Waals surface area (Å²) in [7, 11) is 0. The Morgan fingerprint density at radius 1 is 0.864 bits per heavy atom. The first-order valence-electron chi connectivity index (χ1n) is 6.21. The molecule has 0 spiro atoms. The highest BCUT2D eigenvalue weighted by atomic mass is 19.4. The molecular formula is C12H16F6O4. The first kappa shape index (κ1) is 20.5. The number of carbonyl (C=O) groups is 2. The minimum atomic E-state index is -4.85. The summed E-state index contributed by atoms with van der Waals surface area (Å²) in [6, 6.07) is 0. The Bertz CT molecular complexity index is 381. The average Bonchev–Trinajstić information content (AvgIpc) is 2.34. The van der Waals surface area contributed by atoms with Crippen LogP contribution in [0.5, 0.6) is 0 Å². The van der Waals surface area contributed by atoms with Gasteiger partial charge in [0, 0.05) is 0 Å². The van der Waals surface area contributed by atoms with Crippen LogP contribution in [0.4, 0.5) is 26.3 Å². The molecular weight excluding hydrogens is 322 g/mol. The summed E-state index contributed by atoms with van der Waals surface area (Å²) in [6.07, 6.45) is -15.1. The van der Waals surface area contributed by atoms with E-state index in [2.05, 4.69) is 9.47 Å². The van der Waals surface area contributed by atoms with Crippen LogP contribution < -0.4 is 0 Å². The van der Waals surface area contributed by atoms with E-state index in [1.165, 1.54) is 6.92 Å². The molecule has 0 aliphatic heterocycles. The number of rotatable bonds is 5. The zero-order chi connectivity index (χ0) is 17.9. The quantitative estimate of drug-likeness (QED) is 0.438. The number of esters is 2. The molecule has 2 unspecified atom stereocenters. The van der Waals surface area contributed by atoms with E-state index in [0.717, 1.165) is 6.92 Å². The van der Waals surface area contributed by atoms with Gasteiger partial charge in [-0.3, -0.25) is 9.59 Å².